The van der Waals surface area contributed by atoms with E-state index in [0.717, 1.165) is 15.7 Å². The number of anilines is 1. The van der Waals surface area contributed by atoms with E-state index in [1.165, 1.54) is 0 Å². The second-order valence-electron chi connectivity index (χ2n) is 3.82. The van der Waals surface area contributed by atoms with Gasteiger partial charge in [-0.05, 0) is 12.1 Å². The van der Waals surface area contributed by atoms with Crippen LogP contribution in [0.2, 0.25) is 0 Å². The van der Waals surface area contributed by atoms with Crippen LogP contribution < -0.4 is 11.1 Å². The number of nitrogens with one attached hydrogen (secondary N) is 1. The molecule has 0 spiro atoms. The van der Waals surface area contributed by atoms with Crippen molar-refractivity contribution in [1.82, 2.24) is 0 Å². The van der Waals surface area contributed by atoms with Crippen LogP contribution in [0.15, 0.2) is 22.7 Å². The molecule has 0 aromatic heterocycles. The highest BCUT2D eigenvalue weighted by Gasteiger charge is 2.14. The zero-order valence-electron chi connectivity index (χ0n) is 10.4. The summed E-state index contributed by atoms with van der Waals surface area (Å²) in [6, 6.07) is 5.63. The van der Waals surface area contributed by atoms with Gasteiger partial charge in [0.15, 0.2) is 0 Å². The van der Waals surface area contributed by atoms with E-state index in [2.05, 4.69) is 21.2 Å². The molecule has 102 valence electrons. The Morgan fingerprint density at radius 2 is 2.22 bits per heavy atom. The third-order valence-corrected chi connectivity index (χ3v) is 3.21. The van der Waals surface area contributed by atoms with Crippen LogP contribution >= 0.6 is 28.3 Å². The minimum absolute atomic E-state index is 0. The number of carbonyl (C=O) groups is 1. The summed E-state index contributed by atoms with van der Waals surface area (Å²) in [4.78, 5) is 11.8. The fourth-order valence-corrected chi connectivity index (χ4v) is 1.81. The maximum atomic E-state index is 11.8. The average Bonchev–Trinajstić information content (AvgIpc) is 2.32. The van der Waals surface area contributed by atoms with Crippen molar-refractivity contribution in [2.45, 2.75) is 13.5 Å². The molecule has 0 aliphatic rings. The summed E-state index contributed by atoms with van der Waals surface area (Å²) in [5.41, 5.74) is 7.14. The first-order valence-electron chi connectivity index (χ1n) is 5.37. The summed E-state index contributed by atoms with van der Waals surface area (Å²) in [5, 5.41) is 2.86. The van der Waals surface area contributed by atoms with Gasteiger partial charge in [-0.1, -0.05) is 28.9 Å². The molecule has 1 rings (SSSR count). The first-order valence-corrected chi connectivity index (χ1v) is 6.16. The molecule has 0 bridgehead atoms. The number of ether oxygens (including phenoxy) is 1. The number of carbonyl (C=O) groups excluding carboxylic acids is 1. The van der Waals surface area contributed by atoms with Gasteiger partial charge in [-0.15, -0.1) is 12.4 Å². The van der Waals surface area contributed by atoms with Crippen LogP contribution in [0.3, 0.4) is 0 Å². The second-order valence-corrected chi connectivity index (χ2v) is 4.68. The standard InChI is InChI=1S/C12H17BrN2O2.ClH/c1-8(6-14)12(16)15-11-5-3-4-10(13)9(11)7-17-2;/h3-5,8H,6-7,14H2,1-2H3,(H,15,16);1H. The van der Waals surface area contributed by atoms with Crippen molar-refractivity contribution in [3.05, 3.63) is 28.2 Å². The maximum absolute atomic E-state index is 11.8. The van der Waals surface area contributed by atoms with Crippen molar-refractivity contribution in [1.29, 1.82) is 0 Å². The third kappa shape index (κ3) is 4.57. The molecule has 1 aromatic rings. The summed E-state index contributed by atoms with van der Waals surface area (Å²) >= 11 is 3.44. The SMILES string of the molecule is COCc1c(Br)cccc1NC(=O)C(C)CN.Cl. The highest BCUT2D eigenvalue weighted by molar-refractivity contribution is 9.10. The number of methoxy groups -OCH3 is 1. The van der Waals surface area contributed by atoms with Crippen molar-refractivity contribution in [2.24, 2.45) is 11.7 Å². The van der Waals surface area contributed by atoms with E-state index in [4.69, 9.17) is 10.5 Å². The summed E-state index contributed by atoms with van der Waals surface area (Å²) in [5.74, 6) is -0.285. The minimum Gasteiger partial charge on any atom is -0.380 e. The van der Waals surface area contributed by atoms with Crippen LogP contribution in [0, 0.1) is 5.92 Å². The van der Waals surface area contributed by atoms with Gasteiger partial charge in [-0.25, -0.2) is 0 Å². The maximum Gasteiger partial charge on any atom is 0.228 e. The van der Waals surface area contributed by atoms with E-state index in [1.807, 2.05) is 18.2 Å². The Kier molecular flexibility index (Phi) is 8.18. The summed E-state index contributed by atoms with van der Waals surface area (Å²) in [6.45, 7) is 2.57. The molecule has 1 amide bonds. The molecule has 6 heteroatoms. The Bertz CT molecular complexity index is 402. The highest BCUT2D eigenvalue weighted by Crippen LogP contribution is 2.25. The van der Waals surface area contributed by atoms with E-state index in [-0.39, 0.29) is 24.2 Å². The van der Waals surface area contributed by atoms with Crippen LogP contribution in [0.5, 0.6) is 0 Å². The Morgan fingerprint density at radius 3 is 2.78 bits per heavy atom. The molecule has 0 aliphatic carbocycles. The van der Waals surface area contributed by atoms with Crippen LogP contribution in [0.25, 0.3) is 0 Å². The Hall–Kier alpha value is -0.620. The molecule has 0 heterocycles. The number of amides is 1. The molecule has 1 aromatic carbocycles. The summed E-state index contributed by atoms with van der Waals surface area (Å²) in [6.07, 6.45) is 0. The largest absolute Gasteiger partial charge is 0.380 e. The predicted molar refractivity (Wildman–Crippen MR) is 79.0 cm³/mol. The molecule has 0 radical (unpaired) electrons. The number of hydrogen-bond donors (Lipinski definition) is 2. The zero-order valence-corrected chi connectivity index (χ0v) is 12.8. The van der Waals surface area contributed by atoms with Crippen molar-refractivity contribution in [2.75, 3.05) is 19.0 Å². The van der Waals surface area contributed by atoms with E-state index in [9.17, 15) is 4.79 Å². The van der Waals surface area contributed by atoms with E-state index < -0.39 is 0 Å². The van der Waals surface area contributed by atoms with Gasteiger partial charge in [0.05, 0.1) is 6.61 Å². The fourth-order valence-electron chi connectivity index (χ4n) is 1.33. The molecule has 1 atom stereocenters. The van der Waals surface area contributed by atoms with Crippen LogP contribution in [-0.4, -0.2) is 19.6 Å². The van der Waals surface area contributed by atoms with Gasteiger partial charge in [0.25, 0.3) is 0 Å². The lowest BCUT2D eigenvalue weighted by molar-refractivity contribution is -0.119. The molecular formula is C12H18BrClN2O2. The Labute approximate surface area is 122 Å². The number of hydrogen-bond acceptors (Lipinski definition) is 3. The van der Waals surface area contributed by atoms with E-state index >= 15 is 0 Å². The smallest absolute Gasteiger partial charge is 0.228 e. The Morgan fingerprint density at radius 1 is 1.56 bits per heavy atom. The second kappa shape index (κ2) is 8.48. The predicted octanol–water partition coefficient (Wildman–Crippen LogP) is 2.55. The summed E-state index contributed by atoms with van der Waals surface area (Å²) in [7, 11) is 1.62. The molecule has 18 heavy (non-hydrogen) atoms. The van der Waals surface area contributed by atoms with Crippen molar-refractivity contribution >= 4 is 39.9 Å². The minimum atomic E-state index is -0.204. The van der Waals surface area contributed by atoms with Gasteiger partial charge < -0.3 is 15.8 Å². The molecule has 3 N–H and O–H groups in total. The monoisotopic (exact) mass is 336 g/mol. The quantitative estimate of drug-likeness (QED) is 0.868. The van der Waals surface area contributed by atoms with Gasteiger partial charge in [-0.2, -0.15) is 0 Å². The van der Waals surface area contributed by atoms with Crippen LogP contribution in [0.4, 0.5) is 5.69 Å². The zero-order chi connectivity index (χ0) is 12.8. The van der Waals surface area contributed by atoms with E-state index in [0.29, 0.717) is 13.2 Å². The number of benzene rings is 1. The lowest BCUT2D eigenvalue weighted by Gasteiger charge is -2.14. The van der Waals surface area contributed by atoms with E-state index in [1.54, 1.807) is 14.0 Å². The Balaban J connectivity index is 0.00000289. The number of rotatable bonds is 5. The molecule has 4 nitrogen and oxygen atoms in total. The fraction of sp³-hybridized carbons (Fsp3) is 0.417. The number of nitrogens with two attached hydrogens (primary N) is 1. The molecule has 0 saturated carbocycles. The number of halogens is 2. The van der Waals surface area contributed by atoms with Gasteiger partial charge in [0.1, 0.15) is 0 Å². The van der Waals surface area contributed by atoms with Gasteiger partial charge in [0.2, 0.25) is 5.91 Å². The van der Waals surface area contributed by atoms with Gasteiger partial charge >= 0.3 is 0 Å². The molecular weight excluding hydrogens is 320 g/mol. The molecule has 0 aliphatic heterocycles. The van der Waals surface area contributed by atoms with Gasteiger partial charge in [0, 0.05) is 35.3 Å². The first-order chi connectivity index (χ1) is 8.10. The average molecular weight is 338 g/mol. The lowest BCUT2D eigenvalue weighted by atomic mass is 10.1. The topological polar surface area (TPSA) is 64.3 Å². The highest BCUT2D eigenvalue weighted by atomic mass is 79.9. The van der Waals surface area contributed by atoms with Crippen molar-refractivity contribution < 1.29 is 9.53 Å². The van der Waals surface area contributed by atoms with Gasteiger partial charge in [-0.3, -0.25) is 4.79 Å². The van der Waals surface area contributed by atoms with Crippen molar-refractivity contribution in [3.63, 3.8) is 0 Å². The first kappa shape index (κ1) is 17.4. The molecule has 0 saturated heterocycles. The summed E-state index contributed by atoms with van der Waals surface area (Å²) < 4.78 is 6.03. The normalized spacial score (nSPS) is 11.6. The molecule has 1 unspecified atom stereocenters. The van der Waals surface area contributed by atoms with Crippen molar-refractivity contribution in [3.8, 4) is 0 Å². The van der Waals surface area contributed by atoms with Crippen LogP contribution in [-0.2, 0) is 16.1 Å². The van der Waals surface area contributed by atoms with Crippen LogP contribution in [0.1, 0.15) is 12.5 Å². The lowest BCUT2D eigenvalue weighted by Crippen LogP contribution is -2.27. The third-order valence-electron chi connectivity index (χ3n) is 2.47. The molecule has 0 fully saturated rings.